The van der Waals surface area contributed by atoms with Gasteiger partial charge in [-0.05, 0) is 24.6 Å². The van der Waals surface area contributed by atoms with Crippen molar-refractivity contribution in [3.05, 3.63) is 23.3 Å². The summed E-state index contributed by atoms with van der Waals surface area (Å²) in [6, 6.07) is 1.37. The number of alkyl halides is 3. The average molecular weight is 316 g/mol. The standard InChI is InChI=1S/C12H16F3NO3.ClH/c1-6-4-7(18-2)9(8(5-6)19-3)10(16)11(17)12(13,14)15;/h4-5,10-11,17H,16H2,1-3H3;1H/t10-,11-;/m1./s1. The summed E-state index contributed by atoms with van der Waals surface area (Å²) in [7, 11) is 2.62. The van der Waals surface area contributed by atoms with Crippen molar-refractivity contribution in [2.24, 2.45) is 5.73 Å². The van der Waals surface area contributed by atoms with Crippen LogP contribution in [0.4, 0.5) is 13.2 Å². The van der Waals surface area contributed by atoms with Gasteiger partial charge >= 0.3 is 6.18 Å². The van der Waals surface area contributed by atoms with Crippen LogP contribution in [0.1, 0.15) is 17.2 Å². The number of halogens is 4. The van der Waals surface area contributed by atoms with Crippen molar-refractivity contribution in [2.75, 3.05) is 14.2 Å². The molecule has 0 radical (unpaired) electrons. The van der Waals surface area contributed by atoms with Crippen molar-refractivity contribution in [1.29, 1.82) is 0 Å². The van der Waals surface area contributed by atoms with Crippen LogP contribution in [0, 0.1) is 6.92 Å². The van der Waals surface area contributed by atoms with Crippen LogP contribution in [-0.4, -0.2) is 31.6 Å². The lowest BCUT2D eigenvalue weighted by Gasteiger charge is -2.25. The van der Waals surface area contributed by atoms with Crippen LogP contribution >= 0.6 is 12.4 Å². The van der Waals surface area contributed by atoms with E-state index >= 15 is 0 Å². The van der Waals surface area contributed by atoms with Crippen LogP contribution in [-0.2, 0) is 0 Å². The number of aliphatic hydroxyl groups is 1. The van der Waals surface area contributed by atoms with Crippen LogP contribution in [0.3, 0.4) is 0 Å². The number of rotatable bonds is 4. The van der Waals surface area contributed by atoms with Gasteiger partial charge in [0.05, 0.1) is 25.8 Å². The third-order valence-corrected chi connectivity index (χ3v) is 2.70. The maximum Gasteiger partial charge on any atom is 0.416 e. The van der Waals surface area contributed by atoms with E-state index in [2.05, 4.69) is 0 Å². The molecule has 1 aromatic rings. The summed E-state index contributed by atoms with van der Waals surface area (Å²) in [5, 5.41) is 9.26. The Bertz CT molecular complexity index is 429. The van der Waals surface area contributed by atoms with E-state index in [1.807, 2.05) is 0 Å². The highest BCUT2D eigenvalue weighted by atomic mass is 35.5. The summed E-state index contributed by atoms with van der Waals surface area (Å²) in [5.74, 6) is 0.292. The maximum atomic E-state index is 12.5. The lowest BCUT2D eigenvalue weighted by molar-refractivity contribution is -0.210. The molecule has 0 heterocycles. The SMILES string of the molecule is COc1cc(C)cc(OC)c1[C@@H](N)[C@@H](O)C(F)(F)F.Cl. The Morgan fingerprint density at radius 1 is 1.15 bits per heavy atom. The minimum absolute atomic E-state index is 0. The van der Waals surface area contributed by atoms with Gasteiger partial charge in [0.15, 0.2) is 6.10 Å². The molecule has 1 rings (SSSR count). The minimum Gasteiger partial charge on any atom is -0.496 e. The van der Waals surface area contributed by atoms with Gasteiger partial charge in [-0.25, -0.2) is 0 Å². The number of hydrogen-bond donors (Lipinski definition) is 2. The predicted octanol–water partition coefficient (Wildman–Crippen LogP) is 2.36. The summed E-state index contributed by atoms with van der Waals surface area (Å²) in [5.41, 5.74) is 6.23. The van der Waals surface area contributed by atoms with Gasteiger partial charge in [-0.3, -0.25) is 0 Å². The third kappa shape index (κ3) is 3.91. The zero-order chi connectivity index (χ0) is 14.8. The summed E-state index contributed by atoms with van der Waals surface area (Å²) >= 11 is 0. The molecule has 0 aromatic heterocycles. The molecule has 2 atom stereocenters. The number of benzene rings is 1. The van der Waals surface area contributed by atoms with E-state index in [1.165, 1.54) is 26.4 Å². The molecule has 1 aromatic carbocycles. The van der Waals surface area contributed by atoms with Crippen molar-refractivity contribution in [2.45, 2.75) is 25.2 Å². The van der Waals surface area contributed by atoms with Crippen molar-refractivity contribution in [1.82, 2.24) is 0 Å². The number of methoxy groups -OCH3 is 2. The summed E-state index contributed by atoms with van der Waals surface area (Å²) < 4.78 is 47.6. The Hall–Kier alpha value is -1.18. The number of aliphatic hydroxyl groups excluding tert-OH is 1. The first-order valence-electron chi connectivity index (χ1n) is 5.45. The Kier molecular flexibility index (Phi) is 6.60. The minimum atomic E-state index is -4.82. The molecule has 0 fully saturated rings. The van der Waals surface area contributed by atoms with Crippen molar-refractivity contribution < 1.29 is 27.8 Å². The molecule has 0 spiro atoms. The topological polar surface area (TPSA) is 64.7 Å². The third-order valence-electron chi connectivity index (χ3n) is 2.70. The molecule has 4 nitrogen and oxygen atoms in total. The Balaban J connectivity index is 0.00000361. The Morgan fingerprint density at radius 2 is 1.55 bits per heavy atom. The molecule has 0 aliphatic heterocycles. The fourth-order valence-electron chi connectivity index (χ4n) is 1.76. The van der Waals surface area contributed by atoms with Gasteiger partial charge in [0.1, 0.15) is 11.5 Å². The van der Waals surface area contributed by atoms with E-state index < -0.39 is 18.3 Å². The lowest BCUT2D eigenvalue weighted by atomic mass is 9.98. The number of nitrogens with two attached hydrogens (primary N) is 1. The van der Waals surface area contributed by atoms with E-state index in [1.54, 1.807) is 6.92 Å². The first kappa shape index (κ1) is 18.8. The van der Waals surface area contributed by atoms with Gasteiger partial charge in [0.2, 0.25) is 0 Å². The first-order valence-corrected chi connectivity index (χ1v) is 5.45. The molecule has 0 aliphatic rings. The normalized spacial score (nSPS) is 14.2. The van der Waals surface area contributed by atoms with Crippen molar-refractivity contribution in [3.63, 3.8) is 0 Å². The van der Waals surface area contributed by atoms with Crippen LogP contribution in [0.15, 0.2) is 12.1 Å². The first-order chi connectivity index (χ1) is 8.72. The molecule has 8 heteroatoms. The van der Waals surface area contributed by atoms with Gasteiger partial charge < -0.3 is 20.3 Å². The Morgan fingerprint density at radius 3 is 1.85 bits per heavy atom. The zero-order valence-corrected chi connectivity index (χ0v) is 12.0. The quantitative estimate of drug-likeness (QED) is 0.895. The zero-order valence-electron chi connectivity index (χ0n) is 11.2. The number of aryl methyl sites for hydroxylation is 1. The molecule has 3 N–H and O–H groups in total. The van der Waals surface area contributed by atoms with Crippen LogP contribution in [0.5, 0.6) is 11.5 Å². The highest BCUT2D eigenvalue weighted by Gasteiger charge is 2.44. The largest absolute Gasteiger partial charge is 0.496 e. The fraction of sp³-hybridized carbons (Fsp3) is 0.500. The van der Waals surface area contributed by atoms with E-state index in [-0.39, 0.29) is 29.5 Å². The second-order valence-electron chi connectivity index (χ2n) is 4.10. The highest BCUT2D eigenvalue weighted by Crippen LogP contribution is 2.39. The molecule has 116 valence electrons. The molecule has 0 saturated heterocycles. The number of hydrogen-bond acceptors (Lipinski definition) is 4. The molecule has 0 amide bonds. The van der Waals surface area contributed by atoms with E-state index in [0.717, 1.165) is 5.56 Å². The van der Waals surface area contributed by atoms with Crippen LogP contribution in [0.2, 0.25) is 0 Å². The molecular weight excluding hydrogens is 299 g/mol. The van der Waals surface area contributed by atoms with Gasteiger partial charge in [-0.2, -0.15) is 13.2 Å². The monoisotopic (exact) mass is 315 g/mol. The molecule has 0 bridgehead atoms. The van der Waals surface area contributed by atoms with E-state index in [4.69, 9.17) is 15.2 Å². The average Bonchev–Trinajstić information content (AvgIpc) is 2.34. The summed E-state index contributed by atoms with van der Waals surface area (Å²) in [4.78, 5) is 0. The highest BCUT2D eigenvalue weighted by molar-refractivity contribution is 5.85. The Labute approximate surface area is 121 Å². The van der Waals surface area contributed by atoms with Crippen LogP contribution < -0.4 is 15.2 Å². The number of ether oxygens (including phenoxy) is 2. The van der Waals surface area contributed by atoms with Gasteiger partial charge in [0.25, 0.3) is 0 Å². The maximum absolute atomic E-state index is 12.5. The smallest absolute Gasteiger partial charge is 0.416 e. The molecule has 20 heavy (non-hydrogen) atoms. The van der Waals surface area contributed by atoms with Gasteiger partial charge in [0, 0.05) is 0 Å². The molecule has 0 unspecified atom stereocenters. The molecular formula is C12H17ClF3NO3. The predicted molar refractivity (Wildman–Crippen MR) is 70.5 cm³/mol. The van der Waals surface area contributed by atoms with Crippen LogP contribution in [0.25, 0.3) is 0 Å². The summed E-state index contributed by atoms with van der Waals surface area (Å²) in [6.07, 6.45) is -7.52. The van der Waals surface area contributed by atoms with E-state index in [0.29, 0.717) is 0 Å². The van der Waals surface area contributed by atoms with Crippen molar-refractivity contribution in [3.8, 4) is 11.5 Å². The van der Waals surface area contributed by atoms with Crippen molar-refractivity contribution >= 4 is 12.4 Å². The molecule has 0 saturated carbocycles. The summed E-state index contributed by atoms with van der Waals surface area (Å²) in [6.45, 7) is 1.74. The fourth-order valence-corrected chi connectivity index (χ4v) is 1.76. The van der Waals surface area contributed by atoms with Gasteiger partial charge in [-0.1, -0.05) is 0 Å². The molecule has 0 aliphatic carbocycles. The lowest BCUT2D eigenvalue weighted by Crippen LogP contribution is -2.39. The second-order valence-corrected chi connectivity index (χ2v) is 4.10. The van der Waals surface area contributed by atoms with Gasteiger partial charge in [-0.15, -0.1) is 12.4 Å². The second kappa shape index (κ2) is 7.01. The van der Waals surface area contributed by atoms with E-state index in [9.17, 15) is 18.3 Å².